The molecule has 48 heavy (non-hydrogen) atoms. The van der Waals surface area contributed by atoms with E-state index in [0.29, 0.717) is 44.9 Å². The second kappa shape index (κ2) is 10.9. The van der Waals surface area contributed by atoms with Gasteiger partial charge in [-0.25, -0.2) is 0 Å². The molecule has 2 aliphatic heterocycles. The molecule has 12 nitrogen and oxygen atoms in total. The lowest BCUT2D eigenvalue weighted by molar-refractivity contribution is -0.331. The quantitative estimate of drug-likeness (QED) is 0.126. The number of hydrogen-bond donors (Lipinski definition) is 7. The average molecular weight is 679 g/mol. The van der Waals surface area contributed by atoms with E-state index in [1.807, 2.05) is 0 Å². The SMILES string of the molecule is CC1(C)CC[C@]2(C(=O)O)[C@H](C1)C1=CC[C@H]3[C@]4(C)C[C@H]5OC(=O)[C@](CO)([C@@H]5O[C@H]5O[C@@H](CO)[C@H](O)[C@@H](O)[C@@H]5O)[C@H]4CC[C@]3(C)[C@@]1(C)C[C@@H]2O. The molecule has 2 bridgehead atoms. The maximum atomic E-state index is 13.9. The molecule has 0 radical (unpaired) electrons. The van der Waals surface area contributed by atoms with Crippen molar-refractivity contribution in [2.75, 3.05) is 13.2 Å². The summed E-state index contributed by atoms with van der Waals surface area (Å²) in [4.78, 5) is 26.9. The van der Waals surface area contributed by atoms with Crippen molar-refractivity contribution in [3.05, 3.63) is 11.6 Å². The molecule has 0 aromatic carbocycles. The minimum absolute atomic E-state index is 0.00904. The molecule has 6 fully saturated rings. The van der Waals surface area contributed by atoms with E-state index < -0.39 is 95.8 Å². The molecule has 0 amide bonds. The van der Waals surface area contributed by atoms with Gasteiger partial charge in [-0.05, 0) is 90.8 Å². The second-order valence-electron chi connectivity index (χ2n) is 17.9. The average Bonchev–Trinajstić information content (AvgIpc) is 3.20. The number of rotatable bonds is 5. The summed E-state index contributed by atoms with van der Waals surface area (Å²) in [5.74, 6) is -2.16. The van der Waals surface area contributed by atoms with E-state index in [1.165, 1.54) is 0 Å². The molecule has 0 spiro atoms. The topological polar surface area (TPSA) is 203 Å². The largest absolute Gasteiger partial charge is 0.481 e. The summed E-state index contributed by atoms with van der Waals surface area (Å²) < 4.78 is 17.9. The highest BCUT2D eigenvalue weighted by atomic mass is 16.7. The van der Waals surface area contributed by atoms with Crippen LogP contribution in [0.15, 0.2) is 11.6 Å². The Hall–Kier alpha value is -1.64. The van der Waals surface area contributed by atoms with Crippen molar-refractivity contribution in [3.63, 3.8) is 0 Å². The highest BCUT2D eigenvalue weighted by molar-refractivity contribution is 5.82. The van der Waals surface area contributed by atoms with Gasteiger partial charge in [-0.1, -0.05) is 46.3 Å². The molecule has 12 heteroatoms. The summed E-state index contributed by atoms with van der Waals surface area (Å²) in [5.41, 5.74) is -3.00. The summed E-state index contributed by atoms with van der Waals surface area (Å²) >= 11 is 0. The Morgan fingerprint density at radius 2 is 1.65 bits per heavy atom. The van der Waals surface area contributed by atoms with Crippen molar-refractivity contribution in [1.29, 1.82) is 0 Å². The van der Waals surface area contributed by atoms with Gasteiger partial charge in [0.25, 0.3) is 0 Å². The Labute approximate surface area is 281 Å². The first-order valence-corrected chi connectivity index (χ1v) is 17.8. The maximum Gasteiger partial charge on any atom is 0.317 e. The molecule has 270 valence electrons. The number of carbonyl (C=O) groups excluding carboxylic acids is 1. The molecule has 2 saturated heterocycles. The van der Waals surface area contributed by atoms with Gasteiger partial charge in [0.05, 0.1) is 19.3 Å². The number of carboxylic acids is 1. The van der Waals surface area contributed by atoms with Crippen LogP contribution in [-0.2, 0) is 23.8 Å². The van der Waals surface area contributed by atoms with Crippen molar-refractivity contribution in [2.24, 2.45) is 50.2 Å². The predicted molar refractivity (Wildman–Crippen MR) is 168 cm³/mol. The fraction of sp³-hybridized carbons (Fsp3) is 0.889. The predicted octanol–water partition coefficient (Wildman–Crippen LogP) is 1.52. The van der Waals surface area contributed by atoms with E-state index in [1.54, 1.807) is 0 Å². The molecule has 7 N–H and O–H groups in total. The molecule has 16 atom stereocenters. The molecule has 7 rings (SSSR count). The summed E-state index contributed by atoms with van der Waals surface area (Å²) in [7, 11) is 0. The van der Waals surface area contributed by atoms with E-state index in [0.717, 1.165) is 12.0 Å². The zero-order valence-electron chi connectivity index (χ0n) is 28.7. The number of allylic oxidation sites excluding steroid dienone is 2. The van der Waals surface area contributed by atoms with Crippen molar-refractivity contribution in [3.8, 4) is 0 Å². The van der Waals surface area contributed by atoms with E-state index in [9.17, 15) is 45.3 Å². The number of aliphatic carboxylic acids is 1. The molecule has 4 saturated carbocycles. The lowest BCUT2D eigenvalue weighted by atomic mass is 9.33. The van der Waals surface area contributed by atoms with Gasteiger partial charge in [0.2, 0.25) is 0 Å². The summed E-state index contributed by atoms with van der Waals surface area (Å²) in [6.45, 7) is 9.81. The van der Waals surface area contributed by atoms with Gasteiger partial charge in [0.15, 0.2) is 6.29 Å². The third kappa shape index (κ3) is 4.17. The third-order valence-corrected chi connectivity index (χ3v) is 15.5. The first-order chi connectivity index (χ1) is 22.4. The summed E-state index contributed by atoms with van der Waals surface area (Å²) in [5, 5.41) is 74.9. The minimum Gasteiger partial charge on any atom is -0.481 e. The fourth-order valence-corrected chi connectivity index (χ4v) is 12.7. The monoisotopic (exact) mass is 678 g/mol. The van der Waals surface area contributed by atoms with E-state index >= 15 is 0 Å². The van der Waals surface area contributed by atoms with Gasteiger partial charge in [-0.2, -0.15) is 0 Å². The lowest BCUT2D eigenvalue weighted by Crippen LogP contribution is -2.70. The van der Waals surface area contributed by atoms with Crippen LogP contribution in [0.1, 0.15) is 86.0 Å². The van der Waals surface area contributed by atoms with Crippen molar-refractivity contribution in [2.45, 2.75) is 135 Å². The number of carboxylic acid groups (broad SMARTS) is 1. The van der Waals surface area contributed by atoms with Gasteiger partial charge in [0, 0.05) is 0 Å². The van der Waals surface area contributed by atoms with Gasteiger partial charge in [-0.15, -0.1) is 0 Å². The maximum absolute atomic E-state index is 13.9. The number of esters is 1. The third-order valence-electron chi connectivity index (χ3n) is 15.5. The molecular weight excluding hydrogens is 624 g/mol. The summed E-state index contributed by atoms with van der Waals surface area (Å²) in [6.07, 6.45) is -3.66. The van der Waals surface area contributed by atoms with Gasteiger partial charge >= 0.3 is 11.9 Å². The Balaban J connectivity index is 1.26. The molecule has 7 aliphatic rings. The highest BCUT2D eigenvalue weighted by Crippen LogP contribution is 2.76. The zero-order chi connectivity index (χ0) is 35.0. The fourth-order valence-electron chi connectivity index (χ4n) is 12.7. The molecule has 0 unspecified atom stereocenters. The van der Waals surface area contributed by atoms with Crippen LogP contribution < -0.4 is 0 Å². The smallest absolute Gasteiger partial charge is 0.317 e. The van der Waals surface area contributed by atoms with E-state index in [-0.39, 0.29) is 28.6 Å². The van der Waals surface area contributed by atoms with Crippen LogP contribution in [-0.4, -0.2) is 110 Å². The molecule has 0 aromatic heterocycles. The Bertz CT molecular complexity index is 1380. The van der Waals surface area contributed by atoms with Crippen LogP contribution in [0.25, 0.3) is 0 Å². The minimum atomic E-state index is -1.67. The number of fused-ring (bicyclic) bond motifs is 10. The van der Waals surface area contributed by atoms with Crippen molar-refractivity contribution < 1.29 is 59.5 Å². The van der Waals surface area contributed by atoms with Crippen LogP contribution in [0.2, 0.25) is 0 Å². The zero-order valence-corrected chi connectivity index (χ0v) is 28.7. The van der Waals surface area contributed by atoms with Gasteiger partial charge in [0.1, 0.15) is 47.5 Å². The first kappa shape index (κ1) is 34.8. The van der Waals surface area contributed by atoms with Crippen LogP contribution in [0.5, 0.6) is 0 Å². The van der Waals surface area contributed by atoms with E-state index in [4.69, 9.17) is 14.2 Å². The number of carbonyl (C=O) groups is 2. The van der Waals surface area contributed by atoms with Crippen LogP contribution in [0.4, 0.5) is 0 Å². The number of aliphatic hydroxyl groups is 6. The van der Waals surface area contributed by atoms with Crippen LogP contribution in [0.3, 0.4) is 0 Å². The number of ether oxygens (including phenoxy) is 3. The van der Waals surface area contributed by atoms with E-state index in [2.05, 4.69) is 40.7 Å². The number of aliphatic hydroxyl groups excluding tert-OH is 6. The Kier molecular flexibility index (Phi) is 7.92. The van der Waals surface area contributed by atoms with Gasteiger partial charge < -0.3 is 50.0 Å². The lowest BCUT2D eigenvalue weighted by Gasteiger charge is -2.71. The van der Waals surface area contributed by atoms with Crippen molar-refractivity contribution >= 4 is 11.9 Å². The normalized spacial score (nSPS) is 55.4. The first-order valence-electron chi connectivity index (χ1n) is 17.8. The van der Waals surface area contributed by atoms with Crippen molar-refractivity contribution in [1.82, 2.24) is 0 Å². The van der Waals surface area contributed by atoms with Crippen LogP contribution >= 0.6 is 0 Å². The molecule has 5 aliphatic carbocycles. The summed E-state index contributed by atoms with van der Waals surface area (Å²) in [6, 6.07) is 0. The molecule has 0 aromatic rings. The standard InChI is InChI=1S/C36H54O12/c1-31(2)10-11-35(29(43)44)18(12-31)17-6-7-21-32(3)13-19-27(48-28-26(42)25(41)24(40)20(15-37)46-28)36(16-38,30(45)47-19)22(32)8-9-33(21,4)34(17,5)14-23(35)39/h6,18-28,37-42H,7-16H2,1-5H3,(H,43,44)/t18-,19-,20+,21+,22+,23+,24+,25-,26+,27-,28-,32+,33+,34+,35+,36+/m1/s1. The van der Waals surface area contributed by atoms with Gasteiger partial charge in [-0.3, -0.25) is 9.59 Å². The Morgan fingerprint density at radius 1 is 0.938 bits per heavy atom. The number of hydrogen-bond acceptors (Lipinski definition) is 11. The molecular formula is C36H54O12. The molecule has 2 heterocycles. The second-order valence-corrected chi connectivity index (χ2v) is 17.9. The highest BCUT2D eigenvalue weighted by Gasteiger charge is 2.77. The van der Waals surface area contributed by atoms with Crippen LogP contribution in [0, 0.1) is 50.2 Å². The Morgan fingerprint density at radius 3 is 2.29 bits per heavy atom.